The van der Waals surface area contributed by atoms with Crippen LogP contribution in [0.2, 0.25) is 5.02 Å². The molecule has 0 aliphatic heterocycles. The first-order valence-electron chi connectivity index (χ1n) is 5.51. The van der Waals surface area contributed by atoms with E-state index in [1.54, 1.807) is 36.5 Å². The van der Waals surface area contributed by atoms with Crippen LogP contribution in [0.25, 0.3) is 0 Å². The summed E-state index contributed by atoms with van der Waals surface area (Å²) in [6, 6.07) is 8.63. The van der Waals surface area contributed by atoms with Crippen molar-refractivity contribution >= 4 is 17.3 Å². The Kier molecular flexibility index (Phi) is 3.89. The zero-order valence-corrected chi connectivity index (χ0v) is 10.6. The van der Waals surface area contributed by atoms with Crippen molar-refractivity contribution in [3.8, 4) is 17.4 Å². The fourth-order valence-electron chi connectivity index (χ4n) is 1.40. The predicted molar refractivity (Wildman–Crippen MR) is 71.3 cm³/mol. The molecule has 0 amide bonds. The van der Waals surface area contributed by atoms with Gasteiger partial charge in [0.1, 0.15) is 5.75 Å². The minimum Gasteiger partial charge on any atom is -0.488 e. The summed E-state index contributed by atoms with van der Waals surface area (Å²) in [6.07, 6.45) is 1.64. The number of nitrogen functional groups attached to an aromatic ring is 1. The highest BCUT2D eigenvalue weighted by atomic mass is 35.5. The number of benzene rings is 1. The summed E-state index contributed by atoms with van der Waals surface area (Å²) in [5.41, 5.74) is 6.14. The van der Waals surface area contributed by atoms with E-state index in [1.807, 2.05) is 6.92 Å². The first-order chi connectivity index (χ1) is 8.70. The lowest BCUT2D eigenvalue weighted by atomic mass is 10.3. The minimum atomic E-state index is 0.403. The lowest BCUT2D eigenvalue weighted by Gasteiger charge is -2.10. The van der Waals surface area contributed by atoms with Gasteiger partial charge in [-0.25, -0.2) is 4.98 Å². The third-order valence-corrected chi connectivity index (χ3v) is 2.55. The number of anilines is 1. The van der Waals surface area contributed by atoms with E-state index in [2.05, 4.69) is 4.98 Å². The van der Waals surface area contributed by atoms with Crippen LogP contribution < -0.4 is 15.2 Å². The number of nitrogens with zero attached hydrogens (tertiary/aromatic N) is 1. The maximum atomic E-state index is 5.92. The van der Waals surface area contributed by atoms with Gasteiger partial charge in [-0.1, -0.05) is 11.6 Å². The summed E-state index contributed by atoms with van der Waals surface area (Å²) in [4.78, 5) is 4.12. The molecule has 0 saturated heterocycles. The summed E-state index contributed by atoms with van der Waals surface area (Å²) in [5, 5.41) is 0.446. The predicted octanol–water partition coefficient (Wildman–Crippen LogP) is 3.51. The molecule has 18 heavy (non-hydrogen) atoms. The van der Waals surface area contributed by atoms with Crippen molar-refractivity contribution in [3.63, 3.8) is 0 Å². The number of halogens is 1. The number of pyridine rings is 1. The molecule has 4 nitrogen and oxygen atoms in total. The summed E-state index contributed by atoms with van der Waals surface area (Å²) >= 11 is 5.92. The van der Waals surface area contributed by atoms with Crippen LogP contribution in [-0.4, -0.2) is 11.6 Å². The van der Waals surface area contributed by atoms with Crippen molar-refractivity contribution in [2.75, 3.05) is 12.3 Å². The van der Waals surface area contributed by atoms with E-state index in [1.165, 1.54) is 0 Å². The number of ether oxygens (including phenoxy) is 2. The molecule has 1 aromatic heterocycles. The Morgan fingerprint density at radius 2 is 2.17 bits per heavy atom. The Bertz CT molecular complexity index is 546. The zero-order valence-electron chi connectivity index (χ0n) is 9.89. The molecule has 0 bridgehead atoms. The SMILES string of the molecule is CCOc1cccnc1Oc1ccc(N)c(Cl)c1. The van der Waals surface area contributed by atoms with E-state index < -0.39 is 0 Å². The van der Waals surface area contributed by atoms with Gasteiger partial charge in [0.05, 0.1) is 17.3 Å². The quantitative estimate of drug-likeness (QED) is 0.859. The number of nitrogens with two attached hydrogens (primary N) is 1. The Morgan fingerprint density at radius 1 is 1.33 bits per heavy atom. The van der Waals surface area contributed by atoms with Gasteiger partial charge in [0.15, 0.2) is 5.75 Å². The molecule has 0 atom stereocenters. The van der Waals surface area contributed by atoms with Crippen LogP contribution in [0.3, 0.4) is 0 Å². The Morgan fingerprint density at radius 3 is 2.89 bits per heavy atom. The van der Waals surface area contributed by atoms with Gasteiger partial charge in [-0.05, 0) is 31.2 Å². The molecule has 0 unspecified atom stereocenters. The monoisotopic (exact) mass is 264 g/mol. The molecule has 0 fully saturated rings. The van der Waals surface area contributed by atoms with E-state index in [0.29, 0.717) is 34.7 Å². The largest absolute Gasteiger partial charge is 0.488 e. The fraction of sp³-hybridized carbons (Fsp3) is 0.154. The number of hydrogen-bond donors (Lipinski definition) is 1. The second kappa shape index (κ2) is 5.60. The molecule has 0 spiro atoms. The molecule has 2 rings (SSSR count). The molecule has 1 aromatic carbocycles. The number of rotatable bonds is 4. The third kappa shape index (κ3) is 2.84. The lowest BCUT2D eigenvalue weighted by molar-refractivity contribution is 0.316. The molecule has 0 aliphatic carbocycles. The topological polar surface area (TPSA) is 57.4 Å². The van der Waals surface area contributed by atoms with Crippen LogP contribution in [0.5, 0.6) is 17.4 Å². The molecule has 0 radical (unpaired) electrons. The molecule has 94 valence electrons. The lowest BCUT2D eigenvalue weighted by Crippen LogP contribution is -1.96. The maximum absolute atomic E-state index is 5.92. The van der Waals surface area contributed by atoms with Crippen molar-refractivity contribution in [2.45, 2.75) is 6.92 Å². The summed E-state index contributed by atoms with van der Waals surface area (Å²) in [5.74, 6) is 1.56. The van der Waals surface area contributed by atoms with Crippen LogP contribution in [0.15, 0.2) is 36.5 Å². The van der Waals surface area contributed by atoms with E-state index >= 15 is 0 Å². The fourth-order valence-corrected chi connectivity index (χ4v) is 1.57. The maximum Gasteiger partial charge on any atom is 0.262 e. The summed E-state index contributed by atoms with van der Waals surface area (Å²) in [7, 11) is 0. The first kappa shape index (κ1) is 12.5. The summed E-state index contributed by atoms with van der Waals surface area (Å²) in [6.45, 7) is 2.45. The second-order valence-electron chi connectivity index (χ2n) is 3.53. The van der Waals surface area contributed by atoms with Crippen LogP contribution in [-0.2, 0) is 0 Å². The average molecular weight is 265 g/mol. The van der Waals surface area contributed by atoms with Gasteiger partial charge in [-0.15, -0.1) is 0 Å². The molecule has 1 heterocycles. The van der Waals surface area contributed by atoms with Crippen molar-refractivity contribution in [1.29, 1.82) is 0 Å². The number of aromatic nitrogens is 1. The van der Waals surface area contributed by atoms with Crippen LogP contribution in [0, 0.1) is 0 Å². The number of hydrogen-bond acceptors (Lipinski definition) is 4. The standard InChI is InChI=1S/C13H13ClN2O2/c1-2-17-12-4-3-7-16-13(12)18-9-5-6-11(15)10(14)8-9/h3-8H,2,15H2,1H3. The van der Waals surface area contributed by atoms with E-state index in [4.69, 9.17) is 26.8 Å². The van der Waals surface area contributed by atoms with Gasteiger partial charge in [0, 0.05) is 12.3 Å². The Hall–Kier alpha value is -1.94. The van der Waals surface area contributed by atoms with Crippen LogP contribution >= 0.6 is 11.6 Å². The van der Waals surface area contributed by atoms with Crippen LogP contribution in [0.4, 0.5) is 5.69 Å². The normalized spacial score (nSPS) is 10.1. The highest BCUT2D eigenvalue weighted by molar-refractivity contribution is 6.33. The minimum absolute atomic E-state index is 0.403. The zero-order chi connectivity index (χ0) is 13.0. The highest BCUT2D eigenvalue weighted by Gasteiger charge is 2.07. The molecule has 2 N–H and O–H groups in total. The van der Waals surface area contributed by atoms with Crippen molar-refractivity contribution < 1.29 is 9.47 Å². The van der Waals surface area contributed by atoms with Crippen molar-refractivity contribution in [3.05, 3.63) is 41.6 Å². The van der Waals surface area contributed by atoms with Gasteiger partial charge in [0.25, 0.3) is 5.88 Å². The van der Waals surface area contributed by atoms with Crippen LogP contribution in [0.1, 0.15) is 6.92 Å². The Labute approximate surface area is 110 Å². The smallest absolute Gasteiger partial charge is 0.262 e. The van der Waals surface area contributed by atoms with Crippen molar-refractivity contribution in [2.24, 2.45) is 0 Å². The molecule has 0 saturated carbocycles. The van der Waals surface area contributed by atoms with Crippen molar-refractivity contribution in [1.82, 2.24) is 4.98 Å². The molecule has 0 aliphatic rings. The second-order valence-corrected chi connectivity index (χ2v) is 3.93. The third-order valence-electron chi connectivity index (χ3n) is 2.22. The van der Waals surface area contributed by atoms with Gasteiger partial charge in [0.2, 0.25) is 0 Å². The van der Waals surface area contributed by atoms with Gasteiger partial charge < -0.3 is 15.2 Å². The average Bonchev–Trinajstić information content (AvgIpc) is 2.37. The molecule has 2 aromatic rings. The molecular formula is C13H13ClN2O2. The first-order valence-corrected chi connectivity index (χ1v) is 5.89. The van der Waals surface area contributed by atoms with Gasteiger partial charge in [-0.2, -0.15) is 0 Å². The van der Waals surface area contributed by atoms with E-state index in [-0.39, 0.29) is 0 Å². The van der Waals surface area contributed by atoms with E-state index in [9.17, 15) is 0 Å². The molecule has 5 heteroatoms. The highest BCUT2D eigenvalue weighted by Crippen LogP contribution is 2.31. The molecular weight excluding hydrogens is 252 g/mol. The van der Waals surface area contributed by atoms with E-state index in [0.717, 1.165) is 0 Å². The Balaban J connectivity index is 2.25. The summed E-state index contributed by atoms with van der Waals surface area (Å²) < 4.78 is 11.0. The van der Waals surface area contributed by atoms with Gasteiger partial charge in [-0.3, -0.25) is 0 Å². The van der Waals surface area contributed by atoms with Gasteiger partial charge >= 0.3 is 0 Å².